The van der Waals surface area contributed by atoms with E-state index in [2.05, 4.69) is 9.71 Å². The second kappa shape index (κ2) is 7.61. The molecular weight excluding hydrogens is 356 g/mol. The third kappa shape index (κ3) is 4.14. The molecule has 26 heavy (non-hydrogen) atoms. The van der Waals surface area contributed by atoms with E-state index < -0.39 is 10.0 Å². The highest BCUT2D eigenvalue weighted by molar-refractivity contribution is 7.90. The minimum Gasteiger partial charge on any atom is -0.356 e. The van der Waals surface area contributed by atoms with E-state index in [-0.39, 0.29) is 30.0 Å². The molecule has 0 aromatic carbocycles. The van der Waals surface area contributed by atoms with E-state index in [9.17, 15) is 18.0 Å². The van der Waals surface area contributed by atoms with Crippen LogP contribution >= 0.6 is 0 Å². The first-order chi connectivity index (χ1) is 12.4. The molecule has 1 unspecified atom stereocenters. The number of piperidine rings is 1. The van der Waals surface area contributed by atoms with E-state index in [4.69, 9.17) is 0 Å². The van der Waals surface area contributed by atoms with Crippen molar-refractivity contribution < 1.29 is 18.0 Å². The lowest BCUT2D eigenvalue weighted by Crippen LogP contribution is -2.46. The van der Waals surface area contributed by atoms with Crippen molar-refractivity contribution in [3.63, 3.8) is 0 Å². The molecule has 0 aromatic rings. The lowest BCUT2D eigenvalue weighted by atomic mass is 9.96. The SMILES string of the molecule is CCCNC(=O)C1CCCN(C(=O)C2=CN3CCS(=O)(=O)N=C3C=C2)C1. The molecule has 0 saturated carbocycles. The summed E-state index contributed by atoms with van der Waals surface area (Å²) < 4.78 is 26.8. The van der Waals surface area contributed by atoms with Crippen LogP contribution in [-0.4, -0.2) is 67.8 Å². The van der Waals surface area contributed by atoms with E-state index in [0.29, 0.717) is 31.0 Å². The Hall–Kier alpha value is -2.16. The summed E-state index contributed by atoms with van der Waals surface area (Å²) >= 11 is 0. The van der Waals surface area contributed by atoms with E-state index in [1.165, 1.54) is 0 Å². The number of sulfonamides is 1. The number of likely N-dealkylation sites (tertiary alicyclic amines) is 1. The van der Waals surface area contributed by atoms with Crippen LogP contribution in [0, 0.1) is 5.92 Å². The molecule has 1 N–H and O–H groups in total. The quantitative estimate of drug-likeness (QED) is 0.754. The zero-order chi connectivity index (χ0) is 18.7. The second-order valence-corrected chi connectivity index (χ2v) is 8.48. The van der Waals surface area contributed by atoms with E-state index in [1.54, 1.807) is 28.2 Å². The maximum absolute atomic E-state index is 12.8. The van der Waals surface area contributed by atoms with Crippen molar-refractivity contribution in [2.75, 3.05) is 31.9 Å². The molecule has 0 aromatic heterocycles. The number of nitrogens with one attached hydrogen (secondary N) is 1. The number of hydrogen-bond acceptors (Lipinski definition) is 5. The summed E-state index contributed by atoms with van der Waals surface area (Å²) in [5, 5.41) is 2.90. The molecule has 3 aliphatic heterocycles. The summed E-state index contributed by atoms with van der Waals surface area (Å²) in [4.78, 5) is 28.4. The van der Waals surface area contributed by atoms with Gasteiger partial charge >= 0.3 is 0 Å². The summed E-state index contributed by atoms with van der Waals surface area (Å²) in [7, 11) is -3.41. The predicted octanol–water partition coefficient (Wildman–Crippen LogP) is 0.249. The number of rotatable bonds is 4. The minimum atomic E-state index is -3.41. The fourth-order valence-electron chi connectivity index (χ4n) is 3.28. The molecule has 1 atom stereocenters. The van der Waals surface area contributed by atoms with Gasteiger partial charge in [0.25, 0.3) is 15.9 Å². The van der Waals surface area contributed by atoms with Crippen LogP contribution in [0.25, 0.3) is 0 Å². The number of hydrogen-bond donors (Lipinski definition) is 1. The molecule has 1 saturated heterocycles. The largest absolute Gasteiger partial charge is 0.356 e. The Morgan fingerprint density at radius 2 is 2.12 bits per heavy atom. The van der Waals surface area contributed by atoms with Crippen LogP contribution < -0.4 is 5.32 Å². The van der Waals surface area contributed by atoms with Crippen LogP contribution in [-0.2, 0) is 19.6 Å². The fraction of sp³-hybridized carbons (Fsp3) is 0.588. The Morgan fingerprint density at radius 3 is 2.88 bits per heavy atom. The molecule has 9 heteroatoms. The smallest absolute Gasteiger partial charge is 0.256 e. The fourth-order valence-corrected chi connectivity index (χ4v) is 4.25. The number of carbonyl (C=O) groups is 2. The van der Waals surface area contributed by atoms with Gasteiger partial charge in [0.15, 0.2) is 0 Å². The van der Waals surface area contributed by atoms with Crippen LogP contribution in [0.2, 0.25) is 0 Å². The van der Waals surface area contributed by atoms with Gasteiger partial charge in [-0.15, -0.1) is 4.40 Å². The topological polar surface area (TPSA) is 99.1 Å². The van der Waals surface area contributed by atoms with Crippen molar-refractivity contribution in [2.45, 2.75) is 26.2 Å². The second-order valence-electron chi connectivity index (χ2n) is 6.73. The zero-order valence-electron chi connectivity index (χ0n) is 14.8. The van der Waals surface area contributed by atoms with Crippen molar-refractivity contribution in [1.29, 1.82) is 0 Å². The molecule has 0 bridgehead atoms. The zero-order valence-corrected chi connectivity index (χ0v) is 15.7. The molecule has 2 amide bonds. The lowest BCUT2D eigenvalue weighted by Gasteiger charge is -2.33. The summed E-state index contributed by atoms with van der Waals surface area (Å²) in [6.07, 6.45) is 7.26. The van der Waals surface area contributed by atoms with Crippen LogP contribution in [0.4, 0.5) is 0 Å². The summed E-state index contributed by atoms with van der Waals surface area (Å²) in [6.45, 7) is 3.97. The molecule has 0 aliphatic carbocycles. The molecular formula is C17H24N4O4S. The standard InChI is InChI=1S/C17H24N4O4S/c1-2-7-18-16(22)13-4-3-8-21(11-13)17(23)14-5-6-15-19-26(24,25)10-9-20(15)12-14/h5-6,12-13H,2-4,7-11H2,1H3,(H,18,22). The number of amidine groups is 1. The summed E-state index contributed by atoms with van der Waals surface area (Å²) in [6, 6.07) is 0. The molecule has 142 valence electrons. The Morgan fingerprint density at radius 1 is 1.31 bits per heavy atom. The number of amides is 2. The Kier molecular flexibility index (Phi) is 5.45. The molecule has 0 spiro atoms. The average Bonchev–Trinajstić information content (AvgIpc) is 2.64. The van der Waals surface area contributed by atoms with Crippen molar-refractivity contribution in [3.8, 4) is 0 Å². The van der Waals surface area contributed by atoms with Crippen LogP contribution in [0.3, 0.4) is 0 Å². The maximum atomic E-state index is 12.8. The van der Waals surface area contributed by atoms with Crippen molar-refractivity contribution >= 4 is 27.7 Å². The average molecular weight is 380 g/mol. The van der Waals surface area contributed by atoms with Gasteiger partial charge in [0.1, 0.15) is 5.84 Å². The number of fused-ring (bicyclic) bond motifs is 1. The van der Waals surface area contributed by atoms with Crippen LogP contribution in [0.5, 0.6) is 0 Å². The predicted molar refractivity (Wildman–Crippen MR) is 97.8 cm³/mol. The highest BCUT2D eigenvalue weighted by atomic mass is 32.2. The van der Waals surface area contributed by atoms with Gasteiger partial charge in [-0.2, -0.15) is 0 Å². The monoisotopic (exact) mass is 380 g/mol. The van der Waals surface area contributed by atoms with Crippen molar-refractivity contribution in [1.82, 2.24) is 15.1 Å². The maximum Gasteiger partial charge on any atom is 0.256 e. The van der Waals surface area contributed by atoms with Gasteiger partial charge in [0.2, 0.25) is 5.91 Å². The van der Waals surface area contributed by atoms with Gasteiger partial charge in [-0.3, -0.25) is 9.59 Å². The summed E-state index contributed by atoms with van der Waals surface area (Å²) in [5.41, 5.74) is 0.484. The molecule has 3 heterocycles. The highest BCUT2D eigenvalue weighted by Crippen LogP contribution is 2.21. The summed E-state index contributed by atoms with van der Waals surface area (Å²) in [5.74, 6) is -0.0334. The number of carbonyl (C=O) groups excluding carboxylic acids is 2. The number of nitrogens with zero attached hydrogens (tertiary/aromatic N) is 3. The third-order valence-electron chi connectivity index (χ3n) is 4.70. The minimum absolute atomic E-state index is 0.00757. The van der Waals surface area contributed by atoms with Gasteiger partial charge in [-0.05, 0) is 31.4 Å². The van der Waals surface area contributed by atoms with Gasteiger partial charge in [-0.1, -0.05) is 6.92 Å². The van der Waals surface area contributed by atoms with Crippen molar-refractivity contribution in [3.05, 3.63) is 23.9 Å². The lowest BCUT2D eigenvalue weighted by molar-refractivity contribution is -0.132. The highest BCUT2D eigenvalue weighted by Gasteiger charge is 2.31. The van der Waals surface area contributed by atoms with Gasteiger partial charge < -0.3 is 15.1 Å². The molecule has 8 nitrogen and oxygen atoms in total. The normalized spacial score (nSPS) is 24.4. The molecule has 1 fully saturated rings. The Balaban J connectivity index is 1.67. The first-order valence-corrected chi connectivity index (χ1v) is 10.6. The van der Waals surface area contributed by atoms with E-state index in [0.717, 1.165) is 19.3 Å². The molecule has 3 aliphatic rings. The van der Waals surface area contributed by atoms with Gasteiger partial charge in [0, 0.05) is 32.4 Å². The molecule has 0 radical (unpaired) electrons. The first kappa shape index (κ1) is 18.6. The Labute approximate surface area is 153 Å². The van der Waals surface area contributed by atoms with Gasteiger partial charge in [-0.25, -0.2) is 8.42 Å². The van der Waals surface area contributed by atoms with E-state index in [1.807, 2.05) is 6.92 Å². The first-order valence-electron chi connectivity index (χ1n) is 8.96. The van der Waals surface area contributed by atoms with Crippen LogP contribution in [0.15, 0.2) is 28.3 Å². The van der Waals surface area contributed by atoms with Crippen LogP contribution in [0.1, 0.15) is 26.2 Å². The third-order valence-corrected chi connectivity index (χ3v) is 5.86. The van der Waals surface area contributed by atoms with E-state index >= 15 is 0 Å². The molecule has 3 rings (SSSR count). The van der Waals surface area contributed by atoms with Gasteiger partial charge in [0.05, 0.1) is 17.2 Å². The van der Waals surface area contributed by atoms with Crippen molar-refractivity contribution in [2.24, 2.45) is 10.3 Å². The Bertz CT molecular complexity index is 785.